The SMILES string of the molecule is CC(C)(C)C1CC[N-]C(C2CC(C(C)(C)C)CC[N-]2)C1.FC1=C[C-](F)C(C2CCC(F)C[N-]2)=C=C1.FC1=C[C-](F)C(C2CCC(F)C[N-]2)=C=C1.F[P-](F)(F)(F)(F)F.[Ir]. The Balaban J connectivity index is 0.000000278. The molecule has 4 fully saturated rings. The summed E-state index contributed by atoms with van der Waals surface area (Å²) >= 11 is 0. The van der Waals surface area contributed by atoms with Crippen LogP contribution in [0.3, 0.4) is 0 Å². The molecule has 58 heavy (non-hydrogen) atoms. The number of halogens is 12. The van der Waals surface area contributed by atoms with Crippen LogP contribution in [-0.2, 0) is 20.1 Å². The van der Waals surface area contributed by atoms with Gasteiger partial charge < -0.3 is 21.3 Å². The second kappa shape index (κ2) is 20.5. The largest absolute Gasteiger partial charge is 0 e. The maximum Gasteiger partial charge on any atom is 0 e. The molecule has 339 valence electrons. The number of hydrogen-bond acceptors (Lipinski definition) is 0. The molecule has 4 nitrogen and oxygen atoms in total. The van der Waals surface area contributed by atoms with Gasteiger partial charge in [-0.25, -0.2) is 8.78 Å². The van der Waals surface area contributed by atoms with E-state index in [2.05, 4.69) is 63.6 Å². The summed E-state index contributed by atoms with van der Waals surface area (Å²) in [7, 11) is -10.7. The van der Waals surface area contributed by atoms with E-state index in [4.69, 9.17) is 10.6 Å². The smallest absolute Gasteiger partial charge is 0 e. The summed E-state index contributed by atoms with van der Waals surface area (Å²) in [5.74, 6) is 0.316. The average molecular weight is 1040 g/mol. The Morgan fingerprint density at radius 1 is 0.586 bits per heavy atom. The Hall–Kier alpha value is -1.66. The molecule has 0 amide bonds. The normalized spacial score (nSPS) is 31.7. The molecule has 0 N–H and O–H groups in total. The fourth-order valence-corrected chi connectivity index (χ4v) is 7.31. The summed E-state index contributed by atoms with van der Waals surface area (Å²) in [5.41, 5.74) is 6.37. The third kappa shape index (κ3) is 19.8. The van der Waals surface area contributed by atoms with Gasteiger partial charge in [-0.15, -0.1) is 73.7 Å². The van der Waals surface area contributed by atoms with Gasteiger partial charge in [0.1, 0.15) is 0 Å². The topological polar surface area (TPSA) is 56.4 Å². The molecule has 0 aromatic heterocycles. The molecule has 0 spiro atoms. The van der Waals surface area contributed by atoms with Crippen LogP contribution in [0.25, 0.3) is 21.3 Å². The van der Waals surface area contributed by atoms with Gasteiger partial charge in [0.15, 0.2) is 0 Å². The predicted molar refractivity (Wildman–Crippen MR) is 205 cm³/mol. The van der Waals surface area contributed by atoms with E-state index in [1.54, 1.807) is 0 Å². The molecule has 4 saturated heterocycles. The first-order valence-corrected chi connectivity index (χ1v) is 21.2. The van der Waals surface area contributed by atoms with Crippen LogP contribution in [0.2, 0.25) is 0 Å². The zero-order valence-corrected chi connectivity index (χ0v) is 36.8. The summed E-state index contributed by atoms with van der Waals surface area (Å²) in [6, 6.07) is 0.242. The standard InChI is InChI=1S/C18H34N2.2C11H10F3N.F6P.Ir/c1-17(2,3)13-7-9-19-15(11-13)16-12-14(8-10-20-16)18(4,5)6;2*12-7-1-3-9(10(14)5-7)11-4-2-8(13)6-15-11;1-7(2,3,4,5)6;/h13-16H,7-12H2,1-6H3;2*1,5,8,11H,2,4,6H2;;/q3*-2;-1;. The zero-order valence-electron chi connectivity index (χ0n) is 33.5. The van der Waals surface area contributed by atoms with Crippen LogP contribution in [-0.4, -0.2) is 62.7 Å². The Morgan fingerprint density at radius 3 is 1.17 bits per heavy atom. The van der Waals surface area contributed by atoms with E-state index in [1.165, 1.54) is 25.7 Å². The van der Waals surface area contributed by atoms with E-state index in [9.17, 15) is 51.5 Å². The van der Waals surface area contributed by atoms with Crippen LogP contribution in [0.1, 0.15) is 92.9 Å². The Labute approximate surface area is 348 Å². The molecule has 0 aromatic carbocycles. The number of piperidine rings is 4. The molecule has 6 rings (SSSR count). The minimum Gasteiger partial charge on any atom is 0 e. The molecule has 8 unspecified atom stereocenters. The van der Waals surface area contributed by atoms with Gasteiger partial charge in [-0.1, -0.05) is 80.1 Å². The molecular weight excluding hydrogens is 988 g/mol. The van der Waals surface area contributed by atoms with E-state index < -0.39 is 44.1 Å². The molecule has 4 heterocycles. The molecule has 0 bridgehead atoms. The van der Waals surface area contributed by atoms with Crippen molar-refractivity contribution in [2.75, 3.05) is 26.2 Å². The predicted octanol–water partition coefficient (Wildman–Crippen LogP) is 15.4. The van der Waals surface area contributed by atoms with Crippen LogP contribution < -0.4 is 0 Å². The summed E-state index contributed by atoms with van der Waals surface area (Å²) < 4.78 is 137. The molecule has 1 radical (unpaired) electrons. The van der Waals surface area contributed by atoms with Gasteiger partial charge in [0.2, 0.25) is 0 Å². The number of hydrogen-bond donors (Lipinski definition) is 0. The first-order chi connectivity index (χ1) is 26.0. The molecule has 0 saturated carbocycles. The van der Waals surface area contributed by atoms with Gasteiger partial charge in [-0.3, -0.25) is 29.0 Å². The van der Waals surface area contributed by atoms with Gasteiger partial charge in [0.05, 0.1) is 12.3 Å². The van der Waals surface area contributed by atoms with E-state index in [1.807, 2.05) is 0 Å². The number of rotatable bonds is 3. The maximum atomic E-state index is 13.3. The van der Waals surface area contributed by atoms with Crippen LogP contribution in [0, 0.1) is 35.0 Å². The van der Waals surface area contributed by atoms with Crippen molar-refractivity contribution in [3.8, 4) is 0 Å². The Morgan fingerprint density at radius 2 is 0.914 bits per heavy atom. The zero-order chi connectivity index (χ0) is 43.0. The van der Waals surface area contributed by atoms with Crippen LogP contribution in [0.4, 0.5) is 51.5 Å². The Kier molecular flexibility index (Phi) is 18.5. The fourth-order valence-electron chi connectivity index (χ4n) is 7.31. The first kappa shape index (κ1) is 52.5. The van der Waals surface area contributed by atoms with Crippen molar-refractivity contribution in [1.29, 1.82) is 0 Å². The van der Waals surface area contributed by atoms with Gasteiger partial charge in [0, 0.05) is 44.1 Å². The van der Waals surface area contributed by atoms with Crippen molar-refractivity contribution in [1.82, 2.24) is 0 Å². The van der Waals surface area contributed by atoms with Crippen molar-refractivity contribution in [2.45, 2.75) is 129 Å². The molecule has 6 aliphatic rings. The number of alkyl halides is 2. The third-order valence-corrected chi connectivity index (χ3v) is 10.6. The van der Waals surface area contributed by atoms with Crippen LogP contribution >= 0.6 is 7.81 Å². The molecular formula is C40H54F12IrN4P-7. The maximum absolute atomic E-state index is 13.3. The van der Waals surface area contributed by atoms with E-state index in [0.717, 1.165) is 49.2 Å². The molecule has 4 aliphatic heterocycles. The van der Waals surface area contributed by atoms with Gasteiger partial charge >= 0.3 is 33.0 Å². The van der Waals surface area contributed by atoms with E-state index in [0.29, 0.717) is 48.6 Å². The van der Waals surface area contributed by atoms with E-state index >= 15 is 0 Å². The van der Waals surface area contributed by atoms with E-state index in [-0.39, 0.29) is 56.4 Å². The average Bonchev–Trinajstić information content (AvgIpc) is 3.08. The quantitative estimate of drug-likeness (QED) is 0.117. The van der Waals surface area contributed by atoms with Crippen molar-refractivity contribution in [3.05, 3.63) is 92.2 Å². The summed E-state index contributed by atoms with van der Waals surface area (Å²) in [4.78, 5) is 0. The minimum absolute atomic E-state index is 0. The summed E-state index contributed by atoms with van der Waals surface area (Å²) in [6.45, 7) is 16.6. The van der Waals surface area contributed by atoms with Crippen molar-refractivity contribution < 1.29 is 71.6 Å². The van der Waals surface area contributed by atoms with Crippen molar-refractivity contribution in [3.63, 3.8) is 0 Å². The minimum atomic E-state index is -10.7. The first-order valence-electron chi connectivity index (χ1n) is 19.2. The van der Waals surface area contributed by atoms with Crippen molar-refractivity contribution in [2.24, 2.45) is 22.7 Å². The summed E-state index contributed by atoms with van der Waals surface area (Å²) in [5, 5.41) is 17.9. The summed E-state index contributed by atoms with van der Waals surface area (Å²) in [6.07, 6.45) is 7.35. The van der Waals surface area contributed by atoms with Gasteiger partial charge in [-0.2, -0.15) is 12.1 Å². The number of nitrogens with zero attached hydrogens (tertiary/aromatic N) is 4. The second-order valence-corrected chi connectivity index (χ2v) is 19.3. The van der Waals surface area contributed by atoms with Crippen LogP contribution in [0.15, 0.2) is 58.6 Å². The fraction of sp³-hybridized carbons (Fsp3) is 0.700. The molecule has 0 aromatic rings. The van der Waals surface area contributed by atoms with Crippen LogP contribution in [0.5, 0.6) is 0 Å². The van der Waals surface area contributed by atoms with Crippen molar-refractivity contribution >= 4 is 7.81 Å². The number of allylic oxidation sites excluding steroid dienone is 4. The van der Waals surface area contributed by atoms with Gasteiger partial charge in [0.25, 0.3) is 0 Å². The monoisotopic (exact) mass is 1040 g/mol. The van der Waals surface area contributed by atoms with Gasteiger partial charge in [-0.05, 0) is 35.5 Å². The molecule has 2 aliphatic carbocycles. The third-order valence-electron chi connectivity index (χ3n) is 10.6. The Bertz CT molecular complexity index is 1420. The molecule has 8 atom stereocenters. The second-order valence-electron chi connectivity index (χ2n) is 17.4. The molecule has 18 heteroatoms.